The Bertz CT molecular complexity index is 558. The first-order valence-electron chi connectivity index (χ1n) is 7.29. The second-order valence-electron chi connectivity index (χ2n) is 5.56. The predicted molar refractivity (Wildman–Crippen MR) is 84.5 cm³/mol. The molecule has 4 nitrogen and oxygen atoms in total. The van der Waals surface area contributed by atoms with E-state index < -0.39 is 5.97 Å². The van der Waals surface area contributed by atoms with Crippen LogP contribution in [0.4, 0.5) is 0 Å². The van der Waals surface area contributed by atoms with Crippen LogP contribution in [-0.2, 0) is 4.79 Å². The van der Waals surface area contributed by atoms with Crippen LogP contribution in [0.25, 0.3) is 6.08 Å². The van der Waals surface area contributed by atoms with Gasteiger partial charge in [-0.3, -0.25) is 4.79 Å². The van der Waals surface area contributed by atoms with E-state index in [1.807, 2.05) is 10.3 Å². The summed E-state index contributed by atoms with van der Waals surface area (Å²) in [5.41, 5.74) is 0.946. The average Bonchev–Trinajstić information content (AvgIpc) is 3.11. The third-order valence-electron chi connectivity index (χ3n) is 4.52. The van der Waals surface area contributed by atoms with E-state index in [0.717, 1.165) is 38.4 Å². The third kappa shape index (κ3) is 3.35. The lowest BCUT2D eigenvalue weighted by atomic mass is 9.82. The molecule has 1 fully saturated rings. The van der Waals surface area contributed by atoms with Gasteiger partial charge in [-0.05, 0) is 47.8 Å². The number of nitrogens with zero attached hydrogens (tertiary/aromatic N) is 1. The van der Waals surface area contributed by atoms with E-state index in [0.29, 0.717) is 10.4 Å². The number of amides is 1. The normalized spacial score (nSPS) is 17.5. The summed E-state index contributed by atoms with van der Waals surface area (Å²) in [7, 11) is 0. The van der Waals surface area contributed by atoms with Crippen molar-refractivity contribution in [2.75, 3.05) is 13.1 Å². The molecule has 1 N–H and O–H groups in total. The van der Waals surface area contributed by atoms with E-state index in [-0.39, 0.29) is 11.3 Å². The number of hydrogen-bond donors (Lipinski definition) is 1. The fraction of sp³-hybridized carbons (Fsp3) is 0.500. The smallest absolute Gasteiger partial charge is 0.328 e. The van der Waals surface area contributed by atoms with Gasteiger partial charge >= 0.3 is 5.97 Å². The minimum Gasteiger partial charge on any atom is -0.478 e. The number of carboxylic acids is 1. The summed E-state index contributed by atoms with van der Waals surface area (Å²) in [5.74, 6) is -0.976. The van der Waals surface area contributed by atoms with Crippen LogP contribution in [-0.4, -0.2) is 35.0 Å². The number of rotatable bonds is 5. The lowest BCUT2D eigenvalue weighted by Crippen LogP contribution is -2.31. The summed E-state index contributed by atoms with van der Waals surface area (Å²) in [4.78, 5) is 25.8. The van der Waals surface area contributed by atoms with Crippen molar-refractivity contribution in [2.24, 2.45) is 5.41 Å². The third-order valence-corrected chi connectivity index (χ3v) is 5.44. The molecule has 2 rings (SSSR count). The Kier molecular flexibility index (Phi) is 4.83. The molecule has 0 spiro atoms. The van der Waals surface area contributed by atoms with Crippen LogP contribution >= 0.6 is 11.3 Å². The van der Waals surface area contributed by atoms with Crippen molar-refractivity contribution in [3.8, 4) is 0 Å². The monoisotopic (exact) mass is 307 g/mol. The molecular weight excluding hydrogens is 286 g/mol. The van der Waals surface area contributed by atoms with Crippen molar-refractivity contribution >= 4 is 29.3 Å². The molecule has 1 amide bonds. The van der Waals surface area contributed by atoms with Crippen molar-refractivity contribution in [3.05, 3.63) is 28.0 Å². The Morgan fingerprint density at radius 2 is 2.14 bits per heavy atom. The van der Waals surface area contributed by atoms with E-state index in [2.05, 4.69) is 13.8 Å². The number of hydrogen-bond acceptors (Lipinski definition) is 3. The predicted octanol–water partition coefficient (Wildman–Crippen LogP) is 3.50. The molecule has 114 valence electrons. The standard InChI is InChI=1S/C16H21NO3S/c1-3-16(4-2)8-9-17(11-16)15(20)14-12(7-10-21-14)5-6-13(18)19/h5-7,10H,3-4,8-9,11H2,1-2H3,(H,18,19)/b6-5+. The van der Waals surface area contributed by atoms with E-state index in [1.165, 1.54) is 17.4 Å². The summed E-state index contributed by atoms with van der Waals surface area (Å²) in [5, 5.41) is 10.5. The van der Waals surface area contributed by atoms with Gasteiger partial charge in [0, 0.05) is 19.2 Å². The minimum atomic E-state index is -1.00. The van der Waals surface area contributed by atoms with Crippen molar-refractivity contribution in [2.45, 2.75) is 33.1 Å². The summed E-state index contributed by atoms with van der Waals surface area (Å²) >= 11 is 1.38. The van der Waals surface area contributed by atoms with Gasteiger partial charge in [0.15, 0.2) is 0 Å². The topological polar surface area (TPSA) is 57.6 Å². The molecule has 21 heavy (non-hydrogen) atoms. The number of carbonyl (C=O) groups is 2. The van der Waals surface area contributed by atoms with Crippen LogP contribution in [0.3, 0.4) is 0 Å². The Balaban J connectivity index is 2.15. The summed E-state index contributed by atoms with van der Waals surface area (Å²) in [6.07, 6.45) is 5.80. The quantitative estimate of drug-likeness (QED) is 0.847. The number of aliphatic carboxylic acids is 1. The van der Waals surface area contributed by atoms with Crippen LogP contribution in [0.15, 0.2) is 17.5 Å². The van der Waals surface area contributed by atoms with E-state index in [1.54, 1.807) is 6.07 Å². The zero-order valence-corrected chi connectivity index (χ0v) is 13.3. The van der Waals surface area contributed by atoms with Crippen LogP contribution < -0.4 is 0 Å². The maximum atomic E-state index is 12.6. The zero-order chi connectivity index (χ0) is 15.5. The zero-order valence-electron chi connectivity index (χ0n) is 12.5. The molecular formula is C16H21NO3S. The molecule has 1 saturated heterocycles. The van der Waals surface area contributed by atoms with Gasteiger partial charge in [0.1, 0.15) is 0 Å². The van der Waals surface area contributed by atoms with Crippen molar-refractivity contribution in [3.63, 3.8) is 0 Å². The molecule has 0 saturated carbocycles. The molecule has 1 aliphatic rings. The van der Waals surface area contributed by atoms with Gasteiger partial charge in [0.25, 0.3) is 5.91 Å². The fourth-order valence-corrected chi connectivity index (χ4v) is 3.72. The van der Waals surface area contributed by atoms with Gasteiger partial charge in [-0.1, -0.05) is 13.8 Å². The molecule has 1 aromatic rings. The Morgan fingerprint density at radius 3 is 2.71 bits per heavy atom. The first kappa shape index (κ1) is 15.8. The van der Waals surface area contributed by atoms with Crippen LogP contribution in [0.5, 0.6) is 0 Å². The average molecular weight is 307 g/mol. The van der Waals surface area contributed by atoms with Crippen molar-refractivity contribution in [1.82, 2.24) is 4.90 Å². The Hall–Kier alpha value is -1.62. The first-order valence-corrected chi connectivity index (χ1v) is 8.17. The maximum Gasteiger partial charge on any atom is 0.328 e. The minimum absolute atomic E-state index is 0.0267. The summed E-state index contributed by atoms with van der Waals surface area (Å²) in [6, 6.07) is 1.79. The maximum absolute atomic E-state index is 12.6. The highest BCUT2D eigenvalue weighted by Crippen LogP contribution is 2.38. The largest absolute Gasteiger partial charge is 0.478 e. The van der Waals surface area contributed by atoms with Gasteiger partial charge in [-0.2, -0.15) is 0 Å². The summed E-state index contributed by atoms with van der Waals surface area (Å²) in [6.45, 7) is 5.96. The molecule has 0 atom stereocenters. The highest BCUT2D eigenvalue weighted by molar-refractivity contribution is 7.12. The van der Waals surface area contributed by atoms with Crippen LogP contribution in [0.1, 0.15) is 48.3 Å². The van der Waals surface area contributed by atoms with Gasteiger partial charge in [0.05, 0.1) is 4.88 Å². The van der Waals surface area contributed by atoms with Crippen LogP contribution in [0.2, 0.25) is 0 Å². The molecule has 5 heteroatoms. The van der Waals surface area contributed by atoms with Crippen molar-refractivity contribution in [1.29, 1.82) is 0 Å². The van der Waals surface area contributed by atoms with E-state index in [9.17, 15) is 9.59 Å². The number of thiophene rings is 1. The summed E-state index contributed by atoms with van der Waals surface area (Å²) < 4.78 is 0. The van der Waals surface area contributed by atoms with Gasteiger partial charge in [0.2, 0.25) is 0 Å². The Labute approximate surface area is 129 Å². The van der Waals surface area contributed by atoms with Gasteiger partial charge in [-0.15, -0.1) is 11.3 Å². The van der Waals surface area contributed by atoms with E-state index >= 15 is 0 Å². The number of carboxylic acid groups (broad SMARTS) is 1. The molecule has 0 unspecified atom stereocenters. The van der Waals surface area contributed by atoms with Gasteiger partial charge < -0.3 is 10.0 Å². The fourth-order valence-electron chi connectivity index (χ4n) is 2.86. The first-order chi connectivity index (χ1) is 10.0. The number of carbonyl (C=O) groups excluding carboxylic acids is 1. The second-order valence-corrected chi connectivity index (χ2v) is 6.48. The molecule has 2 heterocycles. The molecule has 1 aromatic heterocycles. The molecule has 0 aromatic carbocycles. The molecule has 1 aliphatic heterocycles. The molecule has 0 radical (unpaired) electrons. The highest BCUT2D eigenvalue weighted by Gasteiger charge is 2.37. The second kappa shape index (κ2) is 6.43. The van der Waals surface area contributed by atoms with Gasteiger partial charge in [-0.25, -0.2) is 4.79 Å². The Morgan fingerprint density at radius 1 is 1.43 bits per heavy atom. The lowest BCUT2D eigenvalue weighted by molar-refractivity contribution is -0.131. The highest BCUT2D eigenvalue weighted by atomic mass is 32.1. The van der Waals surface area contributed by atoms with E-state index in [4.69, 9.17) is 5.11 Å². The molecule has 0 bridgehead atoms. The molecule has 0 aliphatic carbocycles. The van der Waals surface area contributed by atoms with Crippen molar-refractivity contribution < 1.29 is 14.7 Å². The SMILES string of the molecule is CCC1(CC)CCN(C(=O)c2sccc2/C=C/C(=O)O)C1. The lowest BCUT2D eigenvalue weighted by Gasteiger charge is -2.26. The van der Waals surface area contributed by atoms with Crippen LogP contribution in [0, 0.1) is 5.41 Å². The number of likely N-dealkylation sites (tertiary alicyclic amines) is 1.